The normalized spacial score (nSPS) is 11.3. The first-order valence-electron chi connectivity index (χ1n) is 8.11. The molecule has 0 aliphatic carbocycles. The van der Waals surface area contributed by atoms with Crippen molar-refractivity contribution < 1.29 is 37.0 Å². The molecule has 3 aromatic rings. The minimum Gasteiger partial charge on any atom is -0.538 e. The van der Waals surface area contributed by atoms with Gasteiger partial charge < -0.3 is 19.7 Å². The Labute approximate surface area is 167 Å². The van der Waals surface area contributed by atoms with Gasteiger partial charge in [-0.2, -0.15) is 13.2 Å². The highest BCUT2D eigenvalue weighted by Crippen LogP contribution is 2.31. The third kappa shape index (κ3) is 4.99. The molecule has 0 saturated heterocycles. The van der Waals surface area contributed by atoms with Crippen LogP contribution in [-0.2, 0) is 11.0 Å². The summed E-state index contributed by atoms with van der Waals surface area (Å²) in [5.41, 5.74) is -0.361. The van der Waals surface area contributed by atoms with E-state index in [1.807, 2.05) is 0 Å². The summed E-state index contributed by atoms with van der Waals surface area (Å²) in [5.74, 6) is -0.952. The summed E-state index contributed by atoms with van der Waals surface area (Å²) in [4.78, 5) is 12.1. The largest absolute Gasteiger partial charge is 0.538 e. The lowest BCUT2D eigenvalue weighted by molar-refractivity contribution is -0.705. The van der Waals surface area contributed by atoms with Crippen molar-refractivity contribution >= 4 is 23.4 Å². The highest BCUT2D eigenvalue weighted by Gasteiger charge is 2.30. The van der Waals surface area contributed by atoms with Crippen LogP contribution in [0.15, 0.2) is 58.1 Å². The van der Waals surface area contributed by atoms with Crippen molar-refractivity contribution in [1.29, 1.82) is 0 Å². The van der Waals surface area contributed by atoms with Crippen LogP contribution in [0.3, 0.4) is 0 Å². The fraction of sp³-hybridized carbons (Fsp3) is 0.167. The summed E-state index contributed by atoms with van der Waals surface area (Å²) in [7, 11) is 1.51. The second kappa shape index (κ2) is 8.43. The Balaban J connectivity index is 1.69. The minimum atomic E-state index is -4.51. The number of rotatable bonds is 6. The lowest BCUT2D eigenvalue weighted by Crippen LogP contribution is -2.35. The van der Waals surface area contributed by atoms with Crippen LogP contribution in [0.4, 0.5) is 18.9 Å². The Morgan fingerprint density at radius 2 is 2.00 bits per heavy atom. The lowest BCUT2D eigenvalue weighted by atomic mass is 10.2. The number of hydrogen-bond acceptors (Lipinski definition) is 6. The fourth-order valence-corrected chi connectivity index (χ4v) is 3.11. The molecule has 152 valence electrons. The molecule has 0 aliphatic rings. The Bertz CT molecular complexity index is 1010. The van der Waals surface area contributed by atoms with Gasteiger partial charge in [-0.25, -0.2) is 0 Å². The van der Waals surface area contributed by atoms with E-state index in [0.29, 0.717) is 11.4 Å². The average molecular weight is 425 g/mol. The zero-order valence-corrected chi connectivity index (χ0v) is 15.7. The number of nitrogens with one attached hydrogen (secondary N) is 1. The number of amides is 1. The molecule has 2 aromatic carbocycles. The van der Waals surface area contributed by atoms with Crippen molar-refractivity contribution in [3.05, 3.63) is 54.1 Å². The third-order valence-corrected chi connectivity index (χ3v) is 4.72. The van der Waals surface area contributed by atoms with Gasteiger partial charge in [0.2, 0.25) is 11.6 Å². The SMILES string of the molecule is COc1ccc(-[n+]2noc([O-])c2SCC(=O)Nc2cccc(C(F)(F)F)c2)cc1. The maximum Gasteiger partial charge on any atom is 0.416 e. The highest BCUT2D eigenvalue weighted by molar-refractivity contribution is 7.99. The number of halogens is 3. The maximum absolute atomic E-state index is 12.8. The van der Waals surface area contributed by atoms with Gasteiger partial charge in [0, 0.05) is 17.8 Å². The van der Waals surface area contributed by atoms with E-state index in [2.05, 4.69) is 15.1 Å². The fourth-order valence-electron chi connectivity index (χ4n) is 2.35. The standard InChI is InChI=1S/C18H14F3N3O4S/c1-27-14-7-5-13(6-8-14)24-16(17(26)28-23-24)29-10-15(25)22-12-4-2-3-11(9-12)18(19,20)21/h2-9H,10H2,1H3,(H-,22,23,25,26). The Morgan fingerprint density at radius 3 is 2.66 bits per heavy atom. The summed E-state index contributed by atoms with van der Waals surface area (Å²) >= 11 is 0.851. The third-order valence-electron chi connectivity index (χ3n) is 3.70. The Kier molecular flexibility index (Phi) is 5.97. The number of thioether (sulfide) groups is 1. The zero-order valence-electron chi connectivity index (χ0n) is 14.9. The number of ether oxygens (including phenoxy) is 1. The number of hydrogen-bond donors (Lipinski definition) is 1. The first-order valence-corrected chi connectivity index (χ1v) is 9.10. The van der Waals surface area contributed by atoms with Crippen LogP contribution in [0, 0.1) is 0 Å². The van der Waals surface area contributed by atoms with Crippen molar-refractivity contribution in [2.45, 2.75) is 11.2 Å². The van der Waals surface area contributed by atoms with Crippen LogP contribution < -0.4 is 19.8 Å². The molecule has 0 fully saturated rings. The molecule has 1 amide bonds. The molecule has 0 bridgehead atoms. The highest BCUT2D eigenvalue weighted by atomic mass is 32.2. The van der Waals surface area contributed by atoms with Crippen LogP contribution in [0.2, 0.25) is 0 Å². The maximum atomic E-state index is 12.8. The second-order valence-corrected chi connectivity index (χ2v) is 6.65. The summed E-state index contributed by atoms with van der Waals surface area (Å²) in [6, 6.07) is 10.9. The van der Waals surface area contributed by atoms with Gasteiger partial charge in [0.1, 0.15) is 5.75 Å². The molecule has 0 aliphatic heterocycles. The molecule has 7 nitrogen and oxygen atoms in total. The molecule has 1 N–H and O–H groups in total. The van der Waals surface area contributed by atoms with Crippen molar-refractivity contribution in [3.63, 3.8) is 0 Å². The van der Waals surface area contributed by atoms with Gasteiger partial charge in [-0.15, -0.1) is 0 Å². The van der Waals surface area contributed by atoms with Crippen LogP contribution in [0.25, 0.3) is 5.69 Å². The zero-order chi connectivity index (χ0) is 21.0. The molecule has 0 saturated carbocycles. The van der Waals surface area contributed by atoms with Gasteiger partial charge in [0.05, 0.1) is 23.7 Å². The first-order chi connectivity index (χ1) is 13.8. The number of nitrogens with zero attached hydrogens (tertiary/aromatic N) is 2. The van der Waals surface area contributed by atoms with E-state index in [4.69, 9.17) is 4.74 Å². The van der Waals surface area contributed by atoms with E-state index in [-0.39, 0.29) is 16.5 Å². The number of carbonyl (C=O) groups excluding carboxylic acids is 1. The molecule has 3 rings (SSSR count). The predicted molar refractivity (Wildman–Crippen MR) is 94.8 cm³/mol. The molecule has 0 radical (unpaired) electrons. The molecule has 1 heterocycles. The van der Waals surface area contributed by atoms with Gasteiger partial charge >= 0.3 is 6.18 Å². The number of alkyl halides is 3. The summed E-state index contributed by atoms with van der Waals surface area (Å²) in [5, 5.41) is 18.0. The predicted octanol–water partition coefficient (Wildman–Crippen LogP) is 2.78. The van der Waals surface area contributed by atoms with E-state index in [0.717, 1.165) is 23.9 Å². The van der Waals surface area contributed by atoms with Gasteiger partial charge in [-0.3, -0.25) is 4.79 Å². The van der Waals surface area contributed by atoms with Gasteiger partial charge in [0.15, 0.2) is 5.95 Å². The van der Waals surface area contributed by atoms with Crippen LogP contribution in [0.5, 0.6) is 11.7 Å². The van der Waals surface area contributed by atoms with Gasteiger partial charge in [-0.1, -0.05) is 6.07 Å². The van der Waals surface area contributed by atoms with Crippen molar-refractivity contribution in [2.75, 3.05) is 18.2 Å². The molecule has 0 atom stereocenters. The quantitative estimate of drug-likeness (QED) is 0.483. The summed E-state index contributed by atoms with van der Waals surface area (Å²) < 4.78 is 49.2. The Morgan fingerprint density at radius 1 is 1.28 bits per heavy atom. The first kappa shape index (κ1) is 20.5. The van der Waals surface area contributed by atoms with E-state index < -0.39 is 23.6 Å². The molecular formula is C18H14F3N3O4S. The van der Waals surface area contributed by atoms with Crippen molar-refractivity contribution in [2.24, 2.45) is 0 Å². The average Bonchev–Trinajstić information content (AvgIpc) is 3.06. The van der Waals surface area contributed by atoms with Gasteiger partial charge in [0.25, 0.3) is 5.03 Å². The van der Waals surface area contributed by atoms with Crippen LogP contribution >= 0.6 is 11.8 Å². The lowest BCUT2D eigenvalue weighted by Gasteiger charge is -2.09. The Hall–Kier alpha value is -3.21. The molecule has 11 heteroatoms. The molecular weight excluding hydrogens is 411 g/mol. The molecule has 0 unspecified atom stereocenters. The van der Waals surface area contributed by atoms with Gasteiger partial charge in [-0.05, 0) is 46.8 Å². The smallest absolute Gasteiger partial charge is 0.416 e. The van der Waals surface area contributed by atoms with Crippen LogP contribution in [-0.4, -0.2) is 24.0 Å². The second-order valence-electron chi connectivity index (χ2n) is 5.69. The number of anilines is 1. The molecule has 29 heavy (non-hydrogen) atoms. The summed E-state index contributed by atoms with van der Waals surface area (Å²) in [6.07, 6.45) is -4.51. The number of benzene rings is 2. The van der Waals surface area contributed by atoms with E-state index in [9.17, 15) is 23.1 Å². The van der Waals surface area contributed by atoms with E-state index in [1.54, 1.807) is 24.3 Å². The monoisotopic (exact) mass is 425 g/mol. The topological polar surface area (TPSA) is 91.3 Å². The van der Waals surface area contributed by atoms with Crippen LogP contribution in [0.1, 0.15) is 5.56 Å². The number of methoxy groups -OCH3 is 1. The minimum absolute atomic E-state index is 0.00104. The summed E-state index contributed by atoms with van der Waals surface area (Å²) in [6.45, 7) is 0. The van der Waals surface area contributed by atoms with E-state index in [1.165, 1.54) is 23.9 Å². The molecule has 0 spiro atoms. The number of carbonyl (C=O) groups is 1. The van der Waals surface area contributed by atoms with Crippen molar-refractivity contribution in [1.82, 2.24) is 5.27 Å². The van der Waals surface area contributed by atoms with E-state index >= 15 is 0 Å². The number of aromatic nitrogens is 2. The van der Waals surface area contributed by atoms with Crippen molar-refractivity contribution in [3.8, 4) is 17.4 Å². The molecule has 1 aromatic heterocycles.